The highest BCUT2D eigenvalue weighted by atomic mass is 16.6. The van der Waals surface area contributed by atoms with Gasteiger partial charge in [-0.05, 0) is 12.1 Å². The number of amides is 1. The number of hydrogen-bond donors (Lipinski definition) is 6. The Balaban J connectivity index is 0.000000224. The highest BCUT2D eigenvalue weighted by molar-refractivity contribution is 5.93. The van der Waals surface area contributed by atoms with Crippen LogP contribution in [-0.2, 0) is 4.74 Å². The molecule has 0 spiro atoms. The van der Waals surface area contributed by atoms with Crippen LogP contribution >= 0.6 is 0 Å². The van der Waals surface area contributed by atoms with Crippen molar-refractivity contribution in [3.63, 3.8) is 0 Å². The van der Waals surface area contributed by atoms with Crippen LogP contribution in [0.3, 0.4) is 0 Å². The largest absolute Gasteiger partial charge is 0.394 e. The highest BCUT2D eigenvalue weighted by Crippen LogP contribution is 2.18. The molecule has 0 aliphatic carbocycles. The van der Waals surface area contributed by atoms with E-state index in [1.54, 1.807) is 19.2 Å². The van der Waals surface area contributed by atoms with E-state index in [0.29, 0.717) is 5.56 Å². The van der Waals surface area contributed by atoms with E-state index < -0.39 is 37.3 Å². The van der Waals surface area contributed by atoms with Crippen LogP contribution in [0.25, 0.3) is 0 Å². The molecule has 1 aromatic rings. The van der Waals surface area contributed by atoms with E-state index in [0.717, 1.165) is 0 Å². The molecule has 2 rings (SSSR count). The first-order valence-electron chi connectivity index (χ1n) is 6.68. The molecule has 1 fully saturated rings. The molecule has 6 N–H and O–H groups in total. The Morgan fingerprint density at radius 2 is 1.68 bits per heavy atom. The number of nitrogens with one attached hydrogen (secondary N) is 1. The molecule has 0 unspecified atom stereocenters. The fourth-order valence-electron chi connectivity index (χ4n) is 1.82. The van der Waals surface area contributed by atoms with Crippen molar-refractivity contribution >= 4 is 5.91 Å². The number of ether oxygens (including phenoxy) is 1. The third-order valence-electron chi connectivity index (χ3n) is 3.13. The molecule has 8 nitrogen and oxygen atoms in total. The molecule has 1 aliphatic rings. The van der Waals surface area contributed by atoms with Gasteiger partial charge in [-0.25, -0.2) is 0 Å². The van der Waals surface area contributed by atoms with Gasteiger partial charge < -0.3 is 35.6 Å². The second-order valence-corrected chi connectivity index (χ2v) is 4.66. The fourth-order valence-corrected chi connectivity index (χ4v) is 1.82. The van der Waals surface area contributed by atoms with Gasteiger partial charge >= 0.3 is 0 Å². The van der Waals surface area contributed by atoms with E-state index in [1.807, 2.05) is 18.2 Å². The molecule has 1 heterocycles. The Hall–Kier alpha value is -1.55. The predicted molar refractivity (Wildman–Crippen MR) is 75.8 cm³/mol. The molecule has 5 atom stereocenters. The van der Waals surface area contributed by atoms with Crippen molar-refractivity contribution < 1.29 is 35.1 Å². The predicted octanol–water partition coefficient (Wildman–Crippen LogP) is -2.18. The molecule has 22 heavy (non-hydrogen) atoms. The first-order chi connectivity index (χ1) is 10.4. The van der Waals surface area contributed by atoms with Crippen LogP contribution in [0.4, 0.5) is 0 Å². The van der Waals surface area contributed by atoms with Crippen LogP contribution in [0.5, 0.6) is 0 Å². The summed E-state index contributed by atoms with van der Waals surface area (Å²) in [4.78, 5) is 10.9. The summed E-state index contributed by atoms with van der Waals surface area (Å²) < 4.78 is 4.58. The second-order valence-electron chi connectivity index (χ2n) is 4.66. The zero-order valence-corrected chi connectivity index (χ0v) is 12.0. The number of rotatable bonds is 2. The van der Waals surface area contributed by atoms with Gasteiger partial charge in [-0.15, -0.1) is 0 Å². The van der Waals surface area contributed by atoms with Crippen molar-refractivity contribution in [3.05, 3.63) is 35.9 Å². The van der Waals surface area contributed by atoms with Gasteiger partial charge in [-0.3, -0.25) is 4.79 Å². The van der Waals surface area contributed by atoms with E-state index in [1.165, 1.54) is 0 Å². The topological polar surface area (TPSA) is 139 Å². The quantitative estimate of drug-likeness (QED) is 0.365. The van der Waals surface area contributed by atoms with Crippen LogP contribution in [0.15, 0.2) is 30.3 Å². The monoisotopic (exact) mass is 315 g/mol. The maximum Gasteiger partial charge on any atom is 0.251 e. The second kappa shape index (κ2) is 8.79. The van der Waals surface area contributed by atoms with Crippen molar-refractivity contribution in [2.75, 3.05) is 13.7 Å². The summed E-state index contributed by atoms with van der Waals surface area (Å²) in [6.07, 6.45) is -7.04. The van der Waals surface area contributed by atoms with Crippen molar-refractivity contribution in [1.82, 2.24) is 5.32 Å². The van der Waals surface area contributed by atoms with Crippen LogP contribution in [-0.4, -0.2) is 75.8 Å². The average Bonchev–Trinajstić information content (AvgIpc) is 2.56. The van der Waals surface area contributed by atoms with Gasteiger partial charge in [0.25, 0.3) is 5.91 Å². The molecule has 8 heteroatoms. The molecular formula is C14H21NO7. The van der Waals surface area contributed by atoms with E-state index in [-0.39, 0.29) is 5.91 Å². The van der Waals surface area contributed by atoms with Crippen LogP contribution in [0.2, 0.25) is 0 Å². The summed E-state index contributed by atoms with van der Waals surface area (Å²) in [5, 5.41) is 47.2. The van der Waals surface area contributed by atoms with Gasteiger partial charge in [0, 0.05) is 12.6 Å². The zero-order chi connectivity index (χ0) is 16.7. The lowest BCUT2D eigenvalue weighted by atomic mass is 10.00. The molecule has 1 aliphatic heterocycles. The lowest BCUT2D eigenvalue weighted by molar-refractivity contribution is -0.286. The van der Waals surface area contributed by atoms with E-state index in [9.17, 15) is 4.79 Å². The Bertz CT molecular complexity index is 451. The van der Waals surface area contributed by atoms with Crippen LogP contribution in [0, 0.1) is 0 Å². The minimum Gasteiger partial charge on any atom is -0.394 e. The molecule has 0 radical (unpaired) electrons. The van der Waals surface area contributed by atoms with E-state index >= 15 is 0 Å². The summed E-state index contributed by atoms with van der Waals surface area (Å²) in [7, 11) is 1.62. The van der Waals surface area contributed by atoms with Gasteiger partial charge in [-0.2, -0.15) is 0 Å². The lowest BCUT2D eigenvalue weighted by Gasteiger charge is -2.37. The first-order valence-corrected chi connectivity index (χ1v) is 6.68. The summed E-state index contributed by atoms with van der Waals surface area (Å²) in [5.74, 6) is -0.0411. The number of carbonyl (C=O) groups is 1. The van der Waals surface area contributed by atoms with Gasteiger partial charge in [0.1, 0.15) is 24.4 Å². The number of aliphatic hydroxyl groups is 5. The molecule has 0 saturated carbocycles. The van der Waals surface area contributed by atoms with Crippen molar-refractivity contribution in [2.24, 2.45) is 0 Å². The summed E-state index contributed by atoms with van der Waals surface area (Å²) >= 11 is 0. The standard InChI is InChI=1S/C8H9NO.C6H12O6/c1-9-8(10)7-5-3-2-4-6-7;7-1-2-3(8)4(9)5(10)6(11)12-2/h2-6H,1H3,(H,9,10);2-11H,1H2/t;2-,3-,4+,5-,6-/m.1/s1. The maximum atomic E-state index is 10.9. The number of aliphatic hydroxyl groups excluding tert-OH is 5. The Morgan fingerprint density at radius 1 is 1.09 bits per heavy atom. The van der Waals surface area contributed by atoms with Crippen LogP contribution < -0.4 is 5.32 Å². The Kier molecular flexibility index (Phi) is 7.39. The Morgan fingerprint density at radius 3 is 2.18 bits per heavy atom. The minimum absolute atomic E-state index is 0.0411. The van der Waals surface area contributed by atoms with E-state index in [4.69, 9.17) is 25.5 Å². The summed E-state index contributed by atoms with van der Waals surface area (Å²) in [5.41, 5.74) is 0.699. The van der Waals surface area contributed by atoms with Gasteiger partial charge in [0.05, 0.1) is 6.61 Å². The highest BCUT2D eigenvalue weighted by Gasteiger charge is 2.42. The summed E-state index contributed by atoms with van der Waals surface area (Å²) in [6, 6.07) is 9.11. The molecule has 1 amide bonds. The average molecular weight is 315 g/mol. The smallest absolute Gasteiger partial charge is 0.251 e. The number of hydrogen-bond acceptors (Lipinski definition) is 7. The van der Waals surface area contributed by atoms with E-state index in [2.05, 4.69) is 10.1 Å². The fraction of sp³-hybridized carbons (Fsp3) is 0.500. The zero-order valence-electron chi connectivity index (χ0n) is 12.0. The third-order valence-corrected chi connectivity index (χ3v) is 3.13. The SMILES string of the molecule is CNC(=O)c1ccccc1.OC[C@H]1O[C@@H](O)[C@H](O)[C@@H](O)[C@@H]1O. The van der Waals surface area contributed by atoms with Gasteiger partial charge in [-0.1, -0.05) is 18.2 Å². The molecule has 1 saturated heterocycles. The normalized spacial score (nSPS) is 30.9. The molecule has 0 aromatic heterocycles. The molecule has 124 valence electrons. The Labute approximate surface area is 127 Å². The number of benzene rings is 1. The van der Waals surface area contributed by atoms with Crippen molar-refractivity contribution in [1.29, 1.82) is 0 Å². The first kappa shape index (κ1) is 18.5. The maximum absolute atomic E-state index is 10.9. The minimum atomic E-state index is -1.57. The molecule has 0 bridgehead atoms. The molecule has 1 aromatic carbocycles. The lowest BCUT2D eigenvalue weighted by Crippen LogP contribution is -2.58. The summed E-state index contributed by atoms with van der Waals surface area (Å²) in [6.45, 7) is -0.526. The van der Waals surface area contributed by atoms with Crippen molar-refractivity contribution in [3.8, 4) is 0 Å². The van der Waals surface area contributed by atoms with Gasteiger partial charge in [0.2, 0.25) is 0 Å². The number of carbonyl (C=O) groups excluding carboxylic acids is 1. The third kappa shape index (κ3) is 4.73. The molecular weight excluding hydrogens is 294 g/mol. The van der Waals surface area contributed by atoms with Crippen LogP contribution in [0.1, 0.15) is 10.4 Å². The van der Waals surface area contributed by atoms with Gasteiger partial charge in [0.15, 0.2) is 6.29 Å². The van der Waals surface area contributed by atoms with Crippen molar-refractivity contribution in [2.45, 2.75) is 30.7 Å².